The summed E-state index contributed by atoms with van der Waals surface area (Å²) in [5.74, 6) is 2.30. The van der Waals surface area contributed by atoms with Crippen molar-refractivity contribution in [3.63, 3.8) is 0 Å². The molecule has 2 fully saturated rings. The first-order chi connectivity index (χ1) is 9.15. The van der Waals surface area contributed by atoms with Gasteiger partial charge in [-0.1, -0.05) is 0 Å². The van der Waals surface area contributed by atoms with Crippen LogP contribution < -0.4 is 11.1 Å². The van der Waals surface area contributed by atoms with Gasteiger partial charge in [-0.2, -0.15) is 5.10 Å². The second kappa shape index (κ2) is 4.96. The second-order valence-electron chi connectivity index (χ2n) is 6.01. The summed E-state index contributed by atoms with van der Waals surface area (Å²) < 4.78 is 1.67. The molecular weight excluding hydrogens is 240 g/mol. The van der Waals surface area contributed by atoms with Crippen LogP contribution in [0.2, 0.25) is 0 Å². The van der Waals surface area contributed by atoms with Gasteiger partial charge in [-0.3, -0.25) is 9.48 Å². The highest BCUT2D eigenvalue weighted by Gasteiger charge is 2.41. The highest BCUT2D eigenvalue weighted by atomic mass is 16.2. The van der Waals surface area contributed by atoms with Crippen molar-refractivity contribution in [1.82, 2.24) is 15.1 Å². The number of hydrogen-bond acceptors (Lipinski definition) is 3. The van der Waals surface area contributed by atoms with Gasteiger partial charge in [-0.05, 0) is 43.4 Å². The molecule has 1 aromatic heterocycles. The summed E-state index contributed by atoms with van der Waals surface area (Å²) in [6, 6.07) is -0.604. The molecule has 1 unspecified atom stereocenters. The Labute approximate surface area is 113 Å². The van der Waals surface area contributed by atoms with E-state index in [4.69, 9.17) is 5.73 Å². The summed E-state index contributed by atoms with van der Waals surface area (Å²) in [4.78, 5) is 12.1. The van der Waals surface area contributed by atoms with Gasteiger partial charge < -0.3 is 11.1 Å². The van der Waals surface area contributed by atoms with Gasteiger partial charge >= 0.3 is 0 Å². The van der Waals surface area contributed by atoms with Crippen LogP contribution in [0.1, 0.15) is 37.3 Å². The largest absolute Gasteiger partial charge is 0.354 e. The minimum Gasteiger partial charge on any atom is -0.354 e. The molecule has 3 N–H and O–H groups in total. The van der Waals surface area contributed by atoms with E-state index >= 15 is 0 Å². The number of hydrogen-bond donors (Lipinski definition) is 2. The minimum atomic E-state index is -0.604. The maximum Gasteiger partial charge on any atom is 0.241 e. The average Bonchev–Trinajstić information content (AvgIpc) is 3.29. The van der Waals surface area contributed by atoms with E-state index in [-0.39, 0.29) is 5.91 Å². The minimum absolute atomic E-state index is 0.0840. The molecule has 104 valence electrons. The Morgan fingerprint density at radius 3 is 2.58 bits per heavy atom. The highest BCUT2D eigenvalue weighted by Crippen LogP contribution is 2.48. The lowest BCUT2D eigenvalue weighted by atomic mass is 9.98. The molecule has 0 aromatic carbocycles. The SMILES string of the molecule is Cn1cc(C(N)C(=O)NCC(C2CC2)C2CC2)cn1. The molecular formula is C14H22N4O. The highest BCUT2D eigenvalue weighted by molar-refractivity contribution is 5.82. The number of aryl methyl sites for hydroxylation is 1. The number of nitrogens with zero attached hydrogens (tertiary/aromatic N) is 2. The smallest absolute Gasteiger partial charge is 0.241 e. The van der Waals surface area contributed by atoms with Crippen LogP contribution in [0.25, 0.3) is 0 Å². The summed E-state index contributed by atoms with van der Waals surface area (Å²) in [7, 11) is 1.82. The van der Waals surface area contributed by atoms with Gasteiger partial charge in [0.1, 0.15) is 6.04 Å². The Morgan fingerprint density at radius 1 is 1.47 bits per heavy atom. The summed E-state index contributed by atoms with van der Waals surface area (Å²) in [5, 5.41) is 7.08. The fraction of sp³-hybridized carbons (Fsp3) is 0.714. The molecule has 0 saturated heterocycles. The zero-order valence-corrected chi connectivity index (χ0v) is 11.4. The van der Waals surface area contributed by atoms with Gasteiger partial charge in [0.2, 0.25) is 5.91 Å². The van der Waals surface area contributed by atoms with Gasteiger partial charge in [0.15, 0.2) is 0 Å². The first-order valence-corrected chi connectivity index (χ1v) is 7.17. The molecule has 19 heavy (non-hydrogen) atoms. The third-order valence-electron chi connectivity index (χ3n) is 4.33. The number of nitrogens with one attached hydrogen (secondary N) is 1. The lowest BCUT2D eigenvalue weighted by Gasteiger charge is -2.18. The molecule has 1 heterocycles. The maximum absolute atomic E-state index is 12.1. The van der Waals surface area contributed by atoms with Gasteiger partial charge in [-0.25, -0.2) is 0 Å². The van der Waals surface area contributed by atoms with E-state index in [1.165, 1.54) is 25.7 Å². The number of amides is 1. The summed E-state index contributed by atoms with van der Waals surface area (Å²) in [5.41, 5.74) is 6.73. The fourth-order valence-corrected chi connectivity index (χ4v) is 2.85. The summed E-state index contributed by atoms with van der Waals surface area (Å²) in [6.45, 7) is 0.794. The number of aromatic nitrogens is 2. The first-order valence-electron chi connectivity index (χ1n) is 7.17. The van der Waals surface area contributed by atoms with Gasteiger partial charge in [0.05, 0.1) is 6.20 Å². The topological polar surface area (TPSA) is 72.9 Å². The molecule has 1 aromatic rings. The zero-order chi connectivity index (χ0) is 13.4. The predicted octanol–water partition coefficient (Wildman–Crippen LogP) is 0.972. The molecule has 1 amide bonds. The Hall–Kier alpha value is -1.36. The lowest BCUT2D eigenvalue weighted by molar-refractivity contribution is -0.122. The van der Waals surface area contributed by atoms with E-state index < -0.39 is 6.04 Å². The van der Waals surface area contributed by atoms with Crippen LogP contribution in [0.15, 0.2) is 12.4 Å². The third-order valence-corrected chi connectivity index (χ3v) is 4.33. The van der Waals surface area contributed by atoms with E-state index in [1.54, 1.807) is 17.1 Å². The Morgan fingerprint density at radius 2 is 2.11 bits per heavy atom. The monoisotopic (exact) mass is 262 g/mol. The molecule has 0 bridgehead atoms. The molecule has 2 aliphatic carbocycles. The van der Waals surface area contributed by atoms with Crippen LogP contribution in [0.5, 0.6) is 0 Å². The molecule has 3 rings (SSSR count). The van der Waals surface area contributed by atoms with Gasteiger partial charge in [0, 0.05) is 25.4 Å². The fourth-order valence-electron chi connectivity index (χ4n) is 2.85. The Kier molecular flexibility index (Phi) is 3.31. The van der Waals surface area contributed by atoms with E-state index in [1.807, 2.05) is 7.05 Å². The number of carbonyl (C=O) groups excluding carboxylic acids is 1. The first kappa shape index (κ1) is 12.7. The van der Waals surface area contributed by atoms with Crippen molar-refractivity contribution in [1.29, 1.82) is 0 Å². The maximum atomic E-state index is 12.1. The van der Waals surface area contributed by atoms with E-state index in [0.29, 0.717) is 5.92 Å². The zero-order valence-electron chi connectivity index (χ0n) is 11.4. The number of rotatable bonds is 6. The van der Waals surface area contributed by atoms with Crippen LogP contribution in [0.3, 0.4) is 0 Å². The predicted molar refractivity (Wildman–Crippen MR) is 72.1 cm³/mol. The molecule has 2 saturated carbocycles. The Bertz CT molecular complexity index is 450. The van der Waals surface area contributed by atoms with Crippen LogP contribution in [0, 0.1) is 17.8 Å². The molecule has 1 atom stereocenters. The third kappa shape index (κ3) is 2.97. The normalized spacial score (nSPS) is 20.6. The van der Waals surface area contributed by atoms with Crippen LogP contribution >= 0.6 is 0 Å². The standard InChI is InChI=1S/C14H22N4O/c1-18-8-11(6-17-18)13(15)14(19)16-7-12(9-2-3-9)10-4-5-10/h6,8-10,12-13H,2-5,7,15H2,1H3,(H,16,19). The van der Waals surface area contributed by atoms with E-state index in [2.05, 4.69) is 10.4 Å². The lowest BCUT2D eigenvalue weighted by Crippen LogP contribution is -2.37. The summed E-state index contributed by atoms with van der Waals surface area (Å²) in [6.07, 6.45) is 8.81. The number of carbonyl (C=O) groups is 1. The van der Waals surface area contributed by atoms with E-state index in [9.17, 15) is 4.79 Å². The molecule has 0 radical (unpaired) electrons. The Balaban J connectivity index is 1.52. The van der Waals surface area contributed by atoms with Gasteiger partial charge in [0.25, 0.3) is 0 Å². The molecule has 5 nitrogen and oxygen atoms in total. The van der Waals surface area contributed by atoms with Crippen LogP contribution in [0.4, 0.5) is 0 Å². The average molecular weight is 262 g/mol. The van der Waals surface area contributed by atoms with E-state index in [0.717, 1.165) is 23.9 Å². The molecule has 5 heteroatoms. The van der Waals surface area contributed by atoms with Crippen molar-refractivity contribution < 1.29 is 4.79 Å². The molecule has 0 aliphatic heterocycles. The quantitative estimate of drug-likeness (QED) is 0.802. The van der Waals surface area contributed by atoms with Crippen molar-refractivity contribution in [2.24, 2.45) is 30.5 Å². The van der Waals surface area contributed by atoms with Crippen LogP contribution in [-0.2, 0) is 11.8 Å². The van der Waals surface area contributed by atoms with Crippen molar-refractivity contribution in [2.75, 3.05) is 6.54 Å². The molecule has 2 aliphatic rings. The van der Waals surface area contributed by atoms with Crippen molar-refractivity contribution in [3.05, 3.63) is 18.0 Å². The molecule has 0 spiro atoms. The van der Waals surface area contributed by atoms with Crippen molar-refractivity contribution in [2.45, 2.75) is 31.7 Å². The summed E-state index contributed by atoms with van der Waals surface area (Å²) >= 11 is 0. The van der Waals surface area contributed by atoms with Crippen molar-refractivity contribution in [3.8, 4) is 0 Å². The van der Waals surface area contributed by atoms with Gasteiger partial charge in [-0.15, -0.1) is 0 Å². The second-order valence-corrected chi connectivity index (χ2v) is 6.01. The van der Waals surface area contributed by atoms with Crippen molar-refractivity contribution >= 4 is 5.91 Å². The van der Waals surface area contributed by atoms with Crippen LogP contribution in [-0.4, -0.2) is 22.2 Å². The number of nitrogens with two attached hydrogens (primary N) is 1.